The summed E-state index contributed by atoms with van der Waals surface area (Å²) in [6.07, 6.45) is 2.23. The third kappa shape index (κ3) is 5.38. The van der Waals surface area contributed by atoms with Gasteiger partial charge >= 0.3 is 12.1 Å². The van der Waals surface area contributed by atoms with E-state index in [4.69, 9.17) is 14.6 Å². The van der Waals surface area contributed by atoms with Crippen LogP contribution in [0, 0.1) is 0 Å². The van der Waals surface area contributed by atoms with Crippen LogP contribution in [0.4, 0.5) is 4.79 Å². The number of amides is 1. The molecule has 1 aromatic rings. The molecule has 0 aliphatic rings. The highest BCUT2D eigenvalue weighted by Gasteiger charge is 2.10. The predicted molar refractivity (Wildman–Crippen MR) is 70.8 cm³/mol. The van der Waals surface area contributed by atoms with Gasteiger partial charge in [0.15, 0.2) is 0 Å². The summed E-state index contributed by atoms with van der Waals surface area (Å²) in [4.78, 5) is 25.9. The minimum absolute atomic E-state index is 0.0843. The van der Waals surface area contributed by atoms with Crippen molar-refractivity contribution >= 4 is 12.1 Å². The number of aromatic nitrogens is 1. The van der Waals surface area contributed by atoms with E-state index in [9.17, 15) is 9.59 Å². The molecule has 7 nitrogen and oxygen atoms in total. The molecule has 1 atom stereocenters. The standard InChI is InChI=1S/C13H16N2O5/c1-3-6-19-13(18)15-9(2)8-20-11-7-10(12(16)17)4-5-14-11/h3-5,7,9H,1,6,8H2,2H3,(H,15,18)(H,16,17). The van der Waals surface area contributed by atoms with Crippen molar-refractivity contribution < 1.29 is 24.2 Å². The molecule has 0 spiro atoms. The smallest absolute Gasteiger partial charge is 0.407 e. The summed E-state index contributed by atoms with van der Waals surface area (Å²) >= 11 is 0. The number of alkyl carbamates (subject to hydrolysis) is 1. The molecule has 1 rings (SSSR count). The highest BCUT2D eigenvalue weighted by Crippen LogP contribution is 2.09. The molecule has 2 N–H and O–H groups in total. The second-order valence-corrected chi connectivity index (χ2v) is 3.93. The summed E-state index contributed by atoms with van der Waals surface area (Å²) in [5, 5.41) is 11.4. The van der Waals surface area contributed by atoms with E-state index in [0.717, 1.165) is 0 Å². The van der Waals surface area contributed by atoms with Crippen LogP contribution in [0.3, 0.4) is 0 Å². The van der Waals surface area contributed by atoms with Crippen LogP contribution in [0.2, 0.25) is 0 Å². The Hall–Kier alpha value is -2.57. The number of hydrogen-bond donors (Lipinski definition) is 2. The largest absolute Gasteiger partial charge is 0.478 e. The monoisotopic (exact) mass is 280 g/mol. The number of rotatable bonds is 7. The number of carboxylic acids is 1. The van der Waals surface area contributed by atoms with Crippen LogP contribution in [0.1, 0.15) is 17.3 Å². The van der Waals surface area contributed by atoms with Crippen molar-refractivity contribution in [2.24, 2.45) is 0 Å². The Balaban J connectivity index is 2.42. The lowest BCUT2D eigenvalue weighted by molar-refractivity contribution is 0.0696. The lowest BCUT2D eigenvalue weighted by Crippen LogP contribution is -2.37. The molecule has 1 amide bonds. The summed E-state index contributed by atoms with van der Waals surface area (Å²) in [6, 6.07) is 2.36. The maximum absolute atomic E-state index is 11.2. The van der Waals surface area contributed by atoms with Crippen molar-refractivity contribution in [3.05, 3.63) is 36.5 Å². The first-order chi connectivity index (χ1) is 9.52. The van der Waals surface area contributed by atoms with E-state index >= 15 is 0 Å². The average Bonchev–Trinajstić information content (AvgIpc) is 2.43. The Bertz CT molecular complexity index is 489. The topological polar surface area (TPSA) is 97.8 Å². The molecule has 0 aromatic carbocycles. The van der Waals surface area contributed by atoms with Gasteiger partial charge in [-0.15, -0.1) is 0 Å². The minimum Gasteiger partial charge on any atom is -0.478 e. The number of carbonyl (C=O) groups excluding carboxylic acids is 1. The molecule has 20 heavy (non-hydrogen) atoms. The van der Waals surface area contributed by atoms with Gasteiger partial charge in [0.05, 0.1) is 11.6 Å². The number of hydrogen-bond acceptors (Lipinski definition) is 5. The first kappa shape index (κ1) is 15.5. The normalized spacial score (nSPS) is 11.2. The second-order valence-electron chi connectivity index (χ2n) is 3.93. The van der Waals surface area contributed by atoms with Crippen LogP contribution in [-0.2, 0) is 4.74 Å². The molecule has 0 aliphatic heterocycles. The van der Waals surface area contributed by atoms with E-state index in [1.165, 1.54) is 24.4 Å². The van der Waals surface area contributed by atoms with Crippen molar-refractivity contribution in [2.75, 3.05) is 13.2 Å². The average molecular weight is 280 g/mol. The Labute approximate surface area is 116 Å². The molecule has 0 saturated heterocycles. The van der Waals surface area contributed by atoms with Crippen LogP contribution in [0.5, 0.6) is 5.88 Å². The van der Waals surface area contributed by atoms with Crippen LogP contribution >= 0.6 is 0 Å². The predicted octanol–water partition coefficient (Wildman–Crippen LogP) is 1.46. The van der Waals surface area contributed by atoms with Gasteiger partial charge in [-0.1, -0.05) is 12.7 Å². The summed E-state index contributed by atoms with van der Waals surface area (Å²) in [5.74, 6) is -0.880. The minimum atomic E-state index is -1.06. The summed E-state index contributed by atoms with van der Waals surface area (Å²) in [5.41, 5.74) is 0.0843. The molecule has 0 saturated carbocycles. The third-order valence-electron chi connectivity index (χ3n) is 2.16. The Morgan fingerprint density at radius 1 is 1.60 bits per heavy atom. The number of pyridine rings is 1. The van der Waals surface area contributed by atoms with Gasteiger partial charge in [-0.05, 0) is 13.0 Å². The summed E-state index contributed by atoms with van der Waals surface area (Å²) in [7, 11) is 0. The SMILES string of the molecule is C=CCOC(=O)NC(C)COc1cc(C(=O)O)ccn1. The fraction of sp³-hybridized carbons (Fsp3) is 0.308. The number of nitrogens with zero attached hydrogens (tertiary/aromatic N) is 1. The van der Waals surface area contributed by atoms with E-state index in [0.29, 0.717) is 0 Å². The molecule has 0 bridgehead atoms. The van der Waals surface area contributed by atoms with Crippen molar-refractivity contribution in [3.63, 3.8) is 0 Å². The molecule has 0 radical (unpaired) electrons. The molecule has 108 valence electrons. The number of ether oxygens (including phenoxy) is 2. The zero-order valence-electron chi connectivity index (χ0n) is 11.0. The van der Waals surface area contributed by atoms with E-state index in [1.54, 1.807) is 6.92 Å². The molecule has 1 heterocycles. The number of aromatic carboxylic acids is 1. The summed E-state index contributed by atoms with van der Waals surface area (Å²) < 4.78 is 10.0. The van der Waals surface area contributed by atoms with Gasteiger partial charge in [-0.25, -0.2) is 14.6 Å². The van der Waals surface area contributed by atoms with Crippen molar-refractivity contribution in [1.29, 1.82) is 0 Å². The highest BCUT2D eigenvalue weighted by molar-refractivity contribution is 5.87. The molecular weight excluding hydrogens is 264 g/mol. The lowest BCUT2D eigenvalue weighted by atomic mass is 10.3. The van der Waals surface area contributed by atoms with Crippen LogP contribution in [-0.4, -0.2) is 41.4 Å². The van der Waals surface area contributed by atoms with E-state index in [2.05, 4.69) is 16.9 Å². The van der Waals surface area contributed by atoms with Gasteiger partial charge in [-0.3, -0.25) is 0 Å². The van der Waals surface area contributed by atoms with Crippen LogP contribution < -0.4 is 10.1 Å². The van der Waals surface area contributed by atoms with E-state index in [1.807, 2.05) is 0 Å². The number of nitrogens with one attached hydrogen (secondary N) is 1. The van der Waals surface area contributed by atoms with E-state index < -0.39 is 12.1 Å². The molecule has 0 aliphatic carbocycles. The summed E-state index contributed by atoms with van der Waals surface area (Å²) in [6.45, 7) is 5.41. The zero-order chi connectivity index (χ0) is 15.0. The quantitative estimate of drug-likeness (QED) is 0.734. The molecule has 0 fully saturated rings. The maximum atomic E-state index is 11.2. The number of carboxylic acid groups (broad SMARTS) is 1. The Morgan fingerprint density at radius 3 is 3.00 bits per heavy atom. The van der Waals surface area contributed by atoms with Crippen LogP contribution in [0.15, 0.2) is 31.0 Å². The molecular formula is C13H16N2O5. The first-order valence-electron chi connectivity index (χ1n) is 5.89. The van der Waals surface area contributed by atoms with Crippen molar-refractivity contribution in [2.45, 2.75) is 13.0 Å². The molecule has 1 aromatic heterocycles. The van der Waals surface area contributed by atoms with Gasteiger partial charge in [-0.2, -0.15) is 0 Å². The lowest BCUT2D eigenvalue weighted by Gasteiger charge is -2.14. The first-order valence-corrected chi connectivity index (χ1v) is 5.89. The second kappa shape index (κ2) is 7.78. The van der Waals surface area contributed by atoms with Crippen molar-refractivity contribution in [1.82, 2.24) is 10.3 Å². The zero-order valence-corrected chi connectivity index (χ0v) is 11.0. The molecule has 1 unspecified atom stereocenters. The Kier molecular flexibility index (Phi) is 6.02. The van der Waals surface area contributed by atoms with Crippen LogP contribution in [0.25, 0.3) is 0 Å². The fourth-order valence-corrected chi connectivity index (χ4v) is 1.25. The van der Waals surface area contributed by atoms with Gasteiger partial charge in [0, 0.05) is 12.3 Å². The highest BCUT2D eigenvalue weighted by atomic mass is 16.5. The maximum Gasteiger partial charge on any atom is 0.407 e. The number of carbonyl (C=O) groups is 2. The Morgan fingerprint density at radius 2 is 2.35 bits per heavy atom. The van der Waals surface area contributed by atoms with Gasteiger partial charge < -0.3 is 19.9 Å². The van der Waals surface area contributed by atoms with Crippen molar-refractivity contribution in [3.8, 4) is 5.88 Å². The molecule has 7 heteroatoms. The van der Waals surface area contributed by atoms with Gasteiger partial charge in [0.1, 0.15) is 13.2 Å². The fourth-order valence-electron chi connectivity index (χ4n) is 1.25. The third-order valence-corrected chi connectivity index (χ3v) is 2.16. The van der Waals surface area contributed by atoms with Gasteiger partial charge in [0.25, 0.3) is 0 Å². The van der Waals surface area contributed by atoms with E-state index in [-0.39, 0.29) is 30.7 Å². The van der Waals surface area contributed by atoms with Gasteiger partial charge in [0.2, 0.25) is 5.88 Å².